The second-order valence-corrected chi connectivity index (χ2v) is 4.02. The van der Waals surface area contributed by atoms with Gasteiger partial charge in [-0.2, -0.15) is 11.8 Å². The van der Waals surface area contributed by atoms with Gasteiger partial charge in [0.05, 0.1) is 0 Å². The van der Waals surface area contributed by atoms with Gasteiger partial charge >= 0.3 is 12.1 Å². The van der Waals surface area contributed by atoms with Gasteiger partial charge in [0.1, 0.15) is 6.04 Å². The second-order valence-electron chi connectivity index (χ2n) is 2.88. The van der Waals surface area contributed by atoms with Crippen LogP contribution < -0.4 is 0 Å². The zero-order valence-electron chi connectivity index (χ0n) is 7.14. The van der Waals surface area contributed by atoms with Crippen molar-refractivity contribution in [2.75, 3.05) is 12.8 Å². The summed E-state index contributed by atoms with van der Waals surface area (Å²) in [6, 6.07) is -0.866. The molecule has 0 bridgehead atoms. The molecule has 0 spiro atoms. The lowest BCUT2D eigenvalue weighted by molar-refractivity contribution is -0.141. The molecule has 2 N–H and O–H groups in total. The minimum Gasteiger partial charge on any atom is -0.480 e. The summed E-state index contributed by atoms with van der Waals surface area (Å²) < 4.78 is 0. The number of thioether (sulfide) groups is 1. The number of carboxylic acid groups (broad SMARTS) is 2. The standard InChI is InChI=1S/C7H11NO4S/c1-13-4-2-5(6(9)10)8(3-4)7(11)12/h4-5H,2-3H2,1H3,(H,9,10)(H,11,12). The molecule has 1 heterocycles. The molecule has 1 fully saturated rings. The summed E-state index contributed by atoms with van der Waals surface area (Å²) in [4.78, 5) is 22.3. The molecular formula is C7H11NO4S. The van der Waals surface area contributed by atoms with Gasteiger partial charge in [0.15, 0.2) is 0 Å². The van der Waals surface area contributed by atoms with E-state index in [9.17, 15) is 9.59 Å². The van der Waals surface area contributed by atoms with E-state index in [1.807, 2.05) is 6.26 Å². The van der Waals surface area contributed by atoms with Crippen LogP contribution in [0.5, 0.6) is 0 Å². The Morgan fingerprint density at radius 3 is 2.38 bits per heavy atom. The normalized spacial score (nSPS) is 27.6. The van der Waals surface area contributed by atoms with Crippen LogP contribution in [0, 0.1) is 0 Å². The number of aliphatic carboxylic acids is 1. The molecule has 13 heavy (non-hydrogen) atoms. The number of amides is 1. The molecule has 0 radical (unpaired) electrons. The van der Waals surface area contributed by atoms with Crippen LogP contribution in [-0.4, -0.2) is 51.3 Å². The fraction of sp³-hybridized carbons (Fsp3) is 0.714. The Kier molecular flexibility index (Phi) is 3.02. The van der Waals surface area contributed by atoms with Crippen molar-refractivity contribution in [1.29, 1.82) is 0 Å². The van der Waals surface area contributed by atoms with Crippen LogP contribution in [0.3, 0.4) is 0 Å². The van der Waals surface area contributed by atoms with Crippen LogP contribution in [0.1, 0.15) is 6.42 Å². The quantitative estimate of drug-likeness (QED) is 0.688. The summed E-state index contributed by atoms with van der Waals surface area (Å²) in [5.41, 5.74) is 0. The molecule has 2 atom stereocenters. The van der Waals surface area contributed by atoms with E-state index < -0.39 is 18.1 Å². The molecule has 1 amide bonds. The number of carboxylic acids is 1. The van der Waals surface area contributed by atoms with E-state index in [1.54, 1.807) is 0 Å². The van der Waals surface area contributed by atoms with Crippen molar-refractivity contribution in [2.45, 2.75) is 17.7 Å². The van der Waals surface area contributed by atoms with Crippen molar-refractivity contribution >= 4 is 23.8 Å². The molecule has 0 aromatic heterocycles. The first-order chi connectivity index (χ1) is 6.06. The first-order valence-electron chi connectivity index (χ1n) is 3.81. The molecule has 2 unspecified atom stereocenters. The number of nitrogens with zero attached hydrogens (tertiary/aromatic N) is 1. The zero-order chi connectivity index (χ0) is 10.0. The monoisotopic (exact) mass is 205 g/mol. The predicted octanol–water partition coefficient (Wildman–Crippen LogP) is 0.555. The summed E-state index contributed by atoms with van der Waals surface area (Å²) in [5, 5.41) is 17.5. The minimum atomic E-state index is -1.15. The molecule has 1 saturated heterocycles. The third-order valence-electron chi connectivity index (χ3n) is 2.13. The largest absolute Gasteiger partial charge is 0.480 e. The Labute approximate surface area is 79.7 Å². The van der Waals surface area contributed by atoms with Crippen molar-refractivity contribution < 1.29 is 19.8 Å². The maximum atomic E-state index is 10.7. The fourth-order valence-corrected chi connectivity index (χ4v) is 2.10. The van der Waals surface area contributed by atoms with Crippen LogP contribution in [0.15, 0.2) is 0 Å². The van der Waals surface area contributed by atoms with Gasteiger partial charge in [0.25, 0.3) is 0 Å². The molecule has 6 heteroatoms. The molecule has 74 valence electrons. The summed E-state index contributed by atoms with van der Waals surface area (Å²) in [6.45, 7) is 0.313. The van der Waals surface area contributed by atoms with Crippen molar-refractivity contribution in [3.8, 4) is 0 Å². The average Bonchev–Trinajstić information content (AvgIpc) is 2.47. The first-order valence-corrected chi connectivity index (χ1v) is 5.10. The number of likely N-dealkylation sites (tertiary alicyclic amines) is 1. The maximum absolute atomic E-state index is 10.7. The van der Waals surface area contributed by atoms with Crippen LogP contribution in [0.25, 0.3) is 0 Å². The number of hydrogen-bond donors (Lipinski definition) is 2. The van der Waals surface area contributed by atoms with Gasteiger partial charge in [-0.05, 0) is 12.7 Å². The Balaban J connectivity index is 2.71. The van der Waals surface area contributed by atoms with E-state index in [0.29, 0.717) is 13.0 Å². The minimum absolute atomic E-state index is 0.109. The van der Waals surface area contributed by atoms with Crippen LogP contribution >= 0.6 is 11.8 Å². The summed E-state index contributed by atoms with van der Waals surface area (Å²) in [6.07, 6.45) is 1.11. The molecule has 0 aliphatic carbocycles. The Bertz CT molecular complexity index is 211. The lowest BCUT2D eigenvalue weighted by Gasteiger charge is -2.16. The molecular weight excluding hydrogens is 194 g/mol. The number of rotatable bonds is 2. The third-order valence-corrected chi connectivity index (χ3v) is 3.13. The van der Waals surface area contributed by atoms with E-state index in [-0.39, 0.29) is 5.25 Å². The molecule has 1 aliphatic rings. The average molecular weight is 205 g/mol. The lowest BCUT2D eigenvalue weighted by atomic mass is 10.2. The molecule has 0 aromatic carbocycles. The molecule has 0 saturated carbocycles. The smallest absolute Gasteiger partial charge is 0.408 e. The van der Waals surface area contributed by atoms with Gasteiger partial charge in [0, 0.05) is 11.8 Å². The SMILES string of the molecule is CSC1CC(C(=O)O)N(C(=O)O)C1. The number of hydrogen-bond acceptors (Lipinski definition) is 3. The van der Waals surface area contributed by atoms with Crippen LogP contribution in [0.2, 0.25) is 0 Å². The highest BCUT2D eigenvalue weighted by atomic mass is 32.2. The van der Waals surface area contributed by atoms with E-state index >= 15 is 0 Å². The lowest BCUT2D eigenvalue weighted by Crippen LogP contribution is -2.39. The van der Waals surface area contributed by atoms with Gasteiger partial charge in [-0.3, -0.25) is 4.90 Å². The number of carbonyl (C=O) groups is 2. The van der Waals surface area contributed by atoms with Crippen molar-refractivity contribution in [1.82, 2.24) is 4.90 Å². The van der Waals surface area contributed by atoms with E-state index in [4.69, 9.17) is 10.2 Å². The van der Waals surface area contributed by atoms with Crippen molar-refractivity contribution in [3.05, 3.63) is 0 Å². The van der Waals surface area contributed by atoms with Crippen molar-refractivity contribution in [3.63, 3.8) is 0 Å². The maximum Gasteiger partial charge on any atom is 0.408 e. The molecule has 1 aliphatic heterocycles. The molecule has 5 nitrogen and oxygen atoms in total. The van der Waals surface area contributed by atoms with E-state index in [0.717, 1.165) is 4.90 Å². The predicted molar refractivity (Wildman–Crippen MR) is 48.1 cm³/mol. The first kappa shape index (κ1) is 10.2. The molecule has 0 aromatic rings. The third kappa shape index (κ3) is 2.06. The van der Waals surface area contributed by atoms with Gasteiger partial charge in [-0.1, -0.05) is 0 Å². The Morgan fingerprint density at radius 1 is 1.46 bits per heavy atom. The highest BCUT2D eigenvalue weighted by Gasteiger charge is 2.39. The molecule has 1 rings (SSSR count). The van der Waals surface area contributed by atoms with Gasteiger partial charge in [0.2, 0.25) is 0 Å². The Morgan fingerprint density at radius 2 is 2.08 bits per heavy atom. The van der Waals surface area contributed by atoms with Crippen LogP contribution in [0.4, 0.5) is 4.79 Å². The van der Waals surface area contributed by atoms with Gasteiger partial charge < -0.3 is 10.2 Å². The summed E-state index contributed by atoms with van der Waals surface area (Å²) in [5.74, 6) is -1.06. The highest BCUT2D eigenvalue weighted by Crippen LogP contribution is 2.25. The highest BCUT2D eigenvalue weighted by molar-refractivity contribution is 7.99. The Hall–Kier alpha value is -0.910. The topological polar surface area (TPSA) is 77.8 Å². The van der Waals surface area contributed by atoms with E-state index in [1.165, 1.54) is 11.8 Å². The van der Waals surface area contributed by atoms with E-state index in [2.05, 4.69) is 0 Å². The summed E-state index contributed by atoms with van der Waals surface area (Å²) in [7, 11) is 0. The van der Waals surface area contributed by atoms with Gasteiger partial charge in [-0.25, -0.2) is 9.59 Å². The van der Waals surface area contributed by atoms with Crippen LogP contribution in [-0.2, 0) is 4.79 Å². The second kappa shape index (κ2) is 3.87. The summed E-state index contributed by atoms with van der Waals surface area (Å²) >= 11 is 1.51. The zero-order valence-corrected chi connectivity index (χ0v) is 7.95. The van der Waals surface area contributed by atoms with Gasteiger partial charge in [-0.15, -0.1) is 0 Å². The fourth-order valence-electron chi connectivity index (χ4n) is 1.41. The van der Waals surface area contributed by atoms with Crippen molar-refractivity contribution in [2.24, 2.45) is 0 Å².